The van der Waals surface area contributed by atoms with E-state index in [2.05, 4.69) is 0 Å². The summed E-state index contributed by atoms with van der Waals surface area (Å²) in [6, 6.07) is 0. The van der Waals surface area contributed by atoms with Gasteiger partial charge >= 0.3 is 0 Å². The number of Topliss-reactive ketones (excluding diaryl/α,β-unsaturated/α-hetero) is 1. The molecule has 0 saturated carbocycles. The minimum atomic E-state index is -0.921. The molecule has 0 amide bonds. The molecule has 3 nitrogen and oxygen atoms in total. The molecule has 0 aliphatic heterocycles. The van der Waals surface area contributed by atoms with Crippen molar-refractivity contribution in [3.63, 3.8) is 0 Å². The summed E-state index contributed by atoms with van der Waals surface area (Å²) in [5, 5.41) is 9.03. The third-order valence-corrected chi connectivity index (χ3v) is 1.38. The first-order valence-electron chi connectivity index (χ1n) is 3.90. The number of carbonyl (C=O) groups is 1. The van der Waals surface area contributed by atoms with E-state index in [0.717, 1.165) is 0 Å². The molecule has 0 heterocycles. The summed E-state index contributed by atoms with van der Waals surface area (Å²) < 4.78 is 4.80. The smallest absolute Gasteiger partial charge is 0.161 e. The lowest BCUT2D eigenvalue weighted by Gasteiger charge is -2.10. The van der Waals surface area contributed by atoms with Crippen molar-refractivity contribution >= 4 is 5.78 Å². The average molecular weight is 160 g/mol. The van der Waals surface area contributed by atoms with E-state index in [1.165, 1.54) is 0 Å². The average Bonchev–Trinajstić information content (AvgIpc) is 1.87. The van der Waals surface area contributed by atoms with Gasteiger partial charge in [0.25, 0.3) is 0 Å². The Morgan fingerprint density at radius 1 is 1.55 bits per heavy atom. The molecule has 1 unspecified atom stereocenters. The van der Waals surface area contributed by atoms with Gasteiger partial charge in [-0.3, -0.25) is 4.79 Å². The lowest BCUT2D eigenvalue weighted by molar-refractivity contribution is -0.137. The number of hydrogen-bond donors (Lipinski definition) is 1. The number of rotatable bonds is 5. The van der Waals surface area contributed by atoms with Crippen LogP contribution in [-0.2, 0) is 9.53 Å². The Balaban J connectivity index is 3.57. The fourth-order valence-corrected chi connectivity index (χ4v) is 0.659. The van der Waals surface area contributed by atoms with Crippen LogP contribution in [0.1, 0.15) is 27.2 Å². The SMILES string of the molecule is CCOC(O)CC(=O)C(C)C. The Hall–Kier alpha value is -0.410. The second kappa shape index (κ2) is 5.27. The summed E-state index contributed by atoms with van der Waals surface area (Å²) in [6.07, 6.45) is -0.819. The van der Waals surface area contributed by atoms with Crippen molar-refractivity contribution in [3.05, 3.63) is 0 Å². The zero-order valence-electron chi connectivity index (χ0n) is 7.33. The van der Waals surface area contributed by atoms with Crippen LogP contribution < -0.4 is 0 Å². The highest BCUT2D eigenvalue weighted by Crippen LogP contribution is 2.02. The zero-order valence-corrected chi connectivity index (χ0v) is 7.33. The molecule has 1 atom stereocenters. The van der Waals surface area contributed by atoms with Gasteiger partial charge in [-0.1, -0.05) is 13.8 Å². The Labute approximate surface area is 67.4 Å². The van der Waals surface area contributed by atoms with Gasteiger partial charge in [0.15, 0.2) is 6.29 Å². The maximum absolute atomic E-state index is 11.0. The Morgan fingerprint density at radius 3 is 2.45 bits per heavy atom. The summed E-state index contributed by atoms with van der Waals surface area (Å²) in [4.78, 5) is 11.0. The van der Waals surface area contributed by atoms with Gasteiger partial charge in [0.2, 0.25) is 0 Å². The number of ketones is 1. The number of hydrogen-bond acceptors (Lipinski definition) is 3. The summed E-state index contributed by atoms with van der Waals surface area (Å²) in [7, 11) is 0. The molecule has 0 fully saturated rings. The molecule has 0 aromatic carbocycles. The topological polar surface area (TPSA) is 46.5 Å². The number of carbonyl (C=O) groups excluding carboxylic acids is 1. The second-order valence-corrected chi connectivity index (χ2v) is 2.74. The number of ether oxygens (including phenoxy) is 1. The molecule has 0 spiro atoms. The van der Waals surface area contributed by atoms with Gasteiger partial charge in [-0.25, -0.2) is 0 Å². The van der Waals surface area contributed by atoms with Gasteiger partial charge in [-0.15, -0.1) is 0 Å². The van der Waals surface area contributed by atoms with E-state index in [4.69, 9.17) is 9.84 Å². The first-order chi connectivity index (χ1) is 5.07. The third kappa shape index (κ3) is 4.93. The van der Waals surface area contributed by atoms with E-state index in [9.17, 15) is 4.79 Å². The van der Waals surface area contributed by atoms with Gasteiger partial charge in [0.1, 0.15) is 5.78 Å². The molecular weight excluding hydrogens is 144 g/mol. The highest BCUT2D eigenvalue weighted by atomic mass is 16.6. The summed E-state index contributed by atoms with van der Waals surface area (Å²) >= 11 is 0. The van der Waals surface area contributed by atoms with Crippen molar-refractivity contribution in [1.82, 2.24) is 0 Å². The van der Waals surface area contributed by atoms with E-state index < -0.39 is 6.29 Å². The Bertz CT molecular complexity index is 121. The predicted octanol–water partition coefficient (Wildman–Crippen LogP) is 0.956. The molecule has 0 aliphatic carbocycles. The fourth-order valence-electron chi connectivity index (χ4n) is 0.659. The van der Waals surface area contributed by atoms with E-state index >= 15 is 0 Å². The molecular formula is C8H16O3. The lowest BCUT2D eigenvalue weighted by Crippen LogP contribution is -2.19. The van der Waals surface area contributed by atoms with Crippen LogP contribution in [-0.4, -0.2) is 23.8 Å². The number of aliphatic hydroxyl groups excluding tert-OH is 1. The normalized spacial score (nSPS) is 13.5. The predicted molar refractivity (Wildman–Crippen MR) is 42.1 cm³/mol. The van der Waals surface area contributed by atoms with E-state index in [-0.39, 0.29) is 18.1 Å². The maximum atomic E-state index is 11.0. The lowest BCUT2D eigenvalue weighted by atomic mass is 10.1. The van der Waals surface area contributed by atoms with Crippen LogP contribution in [0.5, 0.6) is 0 Å². The molecule has 11 heavy (non-hydrogen) atoms. The molecule has 0 bridgehead atoms. The van der Waals surface area contributed by atoms with Crippen molar-refractivity contribution in [2.24, 2.45) is 5.92 Å². The highest BCUT2D eigenvalue weighted by molar-refractivity contribution is 5.80. The van der Waals surface area contributed by atoms with Gasteiger partial charge in [0.05, 0.1) is 6.42 Å². The molecule has 0 aliphatic rings. The molecule has 3 heteroatoms. The van der Waals surface area contributed by atoms with Gasteiger partial charge in [-0.05, 0) is 6.92 Å². The van der Waals surface area contributed by atoms with Crippen molar-refractivity contribution in [2.75, 3.05) is 6.61 Å². The first kappa shape index (κ1) is 10.6. The second-order valence-electron chi connectivity index (χ2n) is 2.74. The van der Waals surface area contributed by atoms with Crippen LogP contribution in [0.4, 0.5) is 0 Å². The molecule has 0 aromatic rings. The van der Waals surface area contributed by atoms with Crippen molar-refractivity contribution in [1.29, 1.82) is 0 Å². The van der Waals surface area contributed by atoms with Crippen LogP contribution in [0, 0.1) is 5.92 Å². The van der Waals surface area contributed by atoms with E-state index in [1.807, 2.05) is 0 Å². The van der Waals surface area contributed by atoms with E-state index in [0.29, 0.717) is 6.61 Å². The summed E-state index contributed by atoms with van der Waals surface area (Å²) in [5.41, 5.74) is 0. The maximum Gasteiger partial charge on any atom is 0.161 e. The van der Waals surface area contributed by atoms with Crippen LogP contribution in [0.25, 0.3) is 0 Å². The zero-order chi connectivity index (χ0) is 8.85. The van der Waals surface area contributed by atoms with Crippen LogP contribution in [0.2, 0.25) is 0 Å². The standard InChI is InChI=1S/C8H16O3/c1-4-11-8(10)5-7(9)6(2)3/h6,8,10H,4-5H2,1-3H3. The molecule has 0 aromatic heterocycles. The molecule has 66 valence electrons. The Kier molecular flexibility index (Phi) is 5.07. The monoisotopic (exact) mass is 160 g/mol. The van der Waals surface area contributed by atoms with Crippen LogP contribution in [0.3, 0.4) is 0 Å². The minimum absolute atomic E-state index is 0.0230. The molecule has 0 radical (unpaired) electrons. The largest absolute Gasteiger partial charge is 0.368 e. The van der Waals surface area contributed by atoms with Crippen LogP contribution in [0.15, 0.2) is 0 Å². The quantitative estimate of drug-likeness (QED) is 0.609. The van der Waals surface area contributed by atoms with Crippen LogP contribution >= 0.6 is 0 Å². The third-order valence-electron chi connectivity index (χ3n) is 1.38. The number of aliphatic hydroxyl groups is 1. The minimum Gasteiger partial charge on any atom is -0.368 e. The van der Waals surface area contributed by atoms with Gasteiger partial charge in [0, 0.05) is 12.5 Å². The fraction of sp³-hybridized carbons (Fsp3) is 0.875. The highest BCUT2D eigenvalue weighted by Gasteiger charge is 2.12. The molecule has 1 N–H and O–H groups in total. The van der Waals surface area contributed by atoms with Crippen molar-refractivity contribution in [2.45, 2.75) is 33.5 Å². The Morgan fingerprint density at radius 2 is 2.09 bits per heavy atom. The van der Waals surface area contributed by atoms with E-state index in [1.54, 1.807) is 20.8 Å². The molecule has 0 saturated heterocycles. The molecule has 0 rings (SSSR count). The van der Waals surface area contributed by atoms with Crippen molar-refractivity contribution < 1.29 is 14.6 Å². The van der Waals surface area contributed by atoms with Gasteiger partial charge in [-0.2, -0.15) is 0 Å². The summed E-state index contributed by atoms with van der Waals surface area (Å²) in [5.74, 6) is 0.0102. The summed E-state index contributed by atoms with van der Waals surface area (Å²) in [6.45, 7) is 5.83. The van der Waals surface area contributed by atoms with Gasteiger partial charge < -0.3 is 9.84 Å². The van der Waals surface area contributed by atoms with Crippen molar-refractivity contribution in [3.8, 4) is 0 Å². The first-order valence-corrected chi connectivity index (χ1v) is 3.90.